The van der Waals surface area contributed by atoms with Gasteiger partial charge in [0.15, 0.2) is 0 Å². The van der Waals surface area contributed by atoms with Gasteiger partial charge in [-0.15, -0.1) is 4.68 Å². The molecular weight excluding hydrogens is 505 g/mol. The van der Waals surface area contributed by atoms with Gasteiger partial charge in [-0.2, -0.15) is 5.10 Å². The zero-order valence-corrected chi connectivity index (χ0v) is 24.3. The Morgan fingerprint density at radius 3 is 2.37 bits per heavy atom. The van der Waals surface area contributed by atoms with Crippen molar-refractivity contribution in [3.63, 3.8) is 0 Å². The molecule has 1 saturated carbocycles. The molecule has 4 rings (SSSR count). The second-order valence-corrected chi connectivity index (χ2v) is 17.1. The van der Waals surface area contributed by atoms with Crippen LogP contribution >= 0.6 is 0 Å². The Balaban J connectivity index is 1.70. The first-order valence-electron chi connectivity index (χ1n) is 13.3. The van der Waals surface area contributed by atoms with Gasteiger partial charge in [0.2, 0.25) is 5.91 Å². The lowest BCUT2D eigenvalue weighted by Crippen LogP contribution is -2.52. The van der Waals surface area contributed by atoms with Crippen molar-refractivity contribution in [2.45, 2.75) is 90.1 Å². The van der Waals surface area contributed by atoms with Gasteiger partial charge in [-0.3, -0.25) is 4.79 Å². The molecule has 1 aromatic carbocycles. The number of hydrogen-bond donors (Lipinski definition) is 2. The number of amides is 3. The summed E-state index contributed by atoms with van der Waals surface area (Å²) >= 11 is 0. The Morgan fingerprint density at radius 2 is 1.82 bits per heavy atom. The summed E-state index contributed by atoms with van der Waals surface area (Å²) in [7, 11) is -1.89. The second-order valence-electron chi connectivity index (χ2n) is 11.6. The third-order valence-electron chi connectivity index (χ3n) is 8.26. The summed E-state index contributed by atoms with van der Waals surface area (Å²) in [5.41, 5.74) is 0.941. The summed E-state index contributed by atoms with van der Waals surface area (Å²) in [6, 6.07) is 4.20. The molecule has 38 heavy (non-hydrogen) atoms. The molecule has 2 aliphatic rings. The zero-order chi connectivity index (χ0) is 28.0. The fourth-order valence-electron chi connectivity index (χ4n) is 5.60. The third kappa shape index (κ3) is 4.40. The first-order chi connectivity index (χ1) is 17.8. The van der Waals surface area contributed by atoms with Gasteiger partial charge in [-0.05, 0) is 51.7 Å². The van der Waals surface area contributed by atoms with E-state index in [0.29, 0.717) is 23.2 Å². The van der Waals surface area contributed by atoms with E-state index in [9.17, 15) is 18.8 Å². The Morgan fingerprint density at radius 1 is 1.13 bits per heavy atom. The third-order valence-corrected chi connectivity index (χ3v) is 11.9. The number of anilines is 2. The highest BCUT2D eigenvalue weighted by molar-refractivity contribution is 6.83. The van der Waals surface area contributed by atoms with Crippen LogP contribution in [-0.2, 0) is 28.0 Å². The van der Waals surface area contributed by atoms with E-state index in [1.807, 2.05) is 20.8 Å². The van der Waals surface area contributed by atoms with E-state index in [1.165, 1.54) is 6.07 Å². The molecule has 0 spiro atoms. The van der Waals surface area contributed by atoms with Crippen LogP contribution in [0.5, 0.6) is 0 Å². The van der Waals surface area contributed by atoms with Crippen molar-refractivity contribution in [1.29, 1.82) is 0 Å². The van der Waals surface area contributed by atoms with Crippen molar-refractivity contribution in [2.24, 2.45) is 0 Å². The summed E-state index contributed by atoms with van der Waals surface area (Å²) in [6.07, 6.45) is 2.47. The largest absolute Gasteiger partial charge is 0.448 e. The molecular formula is C27H38FN5O4Si. The lowest BCUT2D eigenvalue weighted by atomic mass is 9.83. The molecule has 1 aliphatic carbocycles. The van der Waals surface area contributed by atoms with Crippen molar-refractivity contribution in [3.8, 4) is 0 Å². The van der Waals surface area contributed by atoms with E-state index in [-0.39, 0.29) is 30.6 Å². The predicted molar refractivity (Wildman–Crippen MR) is 147 cm³/mol. The van der Waals surface area contributed by atoms with Crippen LogP contribution in [-0.4, -0.2) is 47.4 Å². The van der Waals surface area contributed by atoms with Crippen LogP contribution in [0.2, 0.25) is 24.7 Å². The fraction of sp³-hybridized carbons (Fsp3) is 0.556. The van der Waals surface area contributed by atoms with Crippen LogP contribution in [0.1, 0.15) is 63.8 Å². The highest BCUT2D eigenvalue weighted by atomic mass is 28.3. The highest BCUT2D eigenvalue weighted by Crippen LogP contribution is 2.56. The SMILES string of the molecule is CCOC(=O)n1nc2c(c1NC(=O)C1([Si](C)(C)C)CCC1)CN(C(=O)Nc1c(F)cccc1CC)C2(C)C. The molecule has 0 atom stereocenters. The predicted octanol–water partition coefficient (Wildman–Crippen LogP) is 6.07. The summed E-state index contributed by atoms with van der Waals surface area (Å²) in [5.74, 6) is -0.391. The molecule has 1 fully saturated rings. The molecule has 0 unspecified atom stereocenters. The number of ether oxygens (including phenoxy) is 1. The van der Waals surface area contributed by atoms with E-state index in [0.717, 1.165) is 23.9 Å². The smallest absolute Gasteiger partial charge is 0.436 e. The molecule has 11 heteroatoms. The number of carbonyl (C=O) groups is 3. The number of fused-ring (bicyclic) bond motifs is 1. The van der Waals surface area contributed by atoms with Crippen molar-refractivity contribution in [2.75, 3.05) is 17.2 Å². The van der Waals surface area contributed by atoms with Gasteiger partial charge >= 0.3 is 12.1 Å². The van der Waals surface area contributed by atoms with Crippen molar-refractivity contribution in [3.05, 3.63) is 40.8 Å². The first kappa shape index (κ1) is 27.8. The Bertz CT molecular complexity index is 1280. The molecule has 0 radical (unpaired) electrons. The number of halogens is 1. The Labute approximate surface area is 224 Å². The second kappa shape index (κ2) is 9.83. The van der Waals surface area contributed by atoms with E-state index >= 15 is 0 Å². The van der Waals surface area contributed by atoms with E-state index in [1.54, 1.807) is 24.0 Å². The number of hydrogen-bond acceptors (Lipinski definition) is 5. The fourth-order valence-corrected chi connectivity index (χ4v) is 8.20. The maximum Gasteiger partial charge on any atom is 0.436 e. The minimum absolute atomic E-state index is 0.0824. The van der Waals surface area contributed by atoms with Crippen LogP contribution in [0.25, 0.3) is 0 Å². The molecule has 0 bridgehead atoms. The average molecular weight is 544 g/mol. The summed E-state index contributed by atoms with van der Waals surface area (Å²) in [5, 5.41) is 9.87. The molecule has 9 nitrogen and oxygen atoms in total. The number of nitrogens with zero attached hydrogens (tertiary/aromatic N) is 3. The molecule has 1 aliphatic heterocycles. The quantitative estimate of drug-likeness (QED) is 0.430. The zero-order valence-electron chi connectivity index (χ0n) is 23.3. The van der Waals surface area contributed by atoms with Crippen LogP contribution in [0.3, 0.4) is 0 Å². The molecule has 3 amide bonds. The first-order valence-corrected chi connectivity index (χ1v) is 16.8. The average Bonchev–Trinajstić information content (AvgIpc) is 3.28. The lowest BCUT2D eigenvalue weighted by Gasteiger charge is -2.48. The number of nitrogens with one attached hydrogen (secondary N) is 2. The molecule has 2 aromatic rings. The number of carbonyl (C=O) groups excluding carboxylic acids is 3. The summed E-state index contributed by atoms with van der Waals surface area (Å²) < 4.78 is 20.9. The number of para-hydroxylation sites is 1. The Kier molecular flexibility index (Phi) is 7.19. The van der Waals surface area contributed by atoms with Crippen molar-refractivity contribution < 1.29 is 23.5 Å². The van der Waals surface area contributed by atoms with Crippen LogP contribution in [0, 0.1) is 5.82 Å². The van der Waals surface area contributed by atoms with Gasteiger partial charge in [0, 0.05) is 10.6 Å². The number of urea groups is 1. The topological polar surface area (TPSA) is 106 Å². The lowest BCUT2D eigenvalue weighted by molar-refractivity contribution is -0.121. The number of aromatic nitrogens is 2. The van der Waals surface area contributed by atoms with E-state index in [4.69, 9.17) is 4.74 Å². The standard InChI is InChI=1S/C27H38FN5O4Si/c1-8-17-12-10-13-19(28)20(17)29-24(35)32-16-18-21(26(32,3)4)31-33(25(36)37-9-2)22(18)30-23(34)27(14-11-15-27)38(5,6)7/h10,12-13H,8-9,11,14-16H2,1-7H3,(H,29,35)(H,30,34). The molecule has 0 saturated heterocycles. The summed E-state index contributed by atoms with van der Waals surface area (Å²) in [6.45, 7) is 14.0. The molecule has 2 N–H and O–H groups in total. The van der Waals surface area contributed by atoms with Crippen molar-refractivity contribution >= 4 is 37.6 Å². The van der Waals surface area contributed by atoms with Gasteiger partial charge in [0.25, 0.3) is 0 Å². The van der Waals surface area contributed by atoms with Gasteiger partial charge in [0.05, 0.1) is 38.1 Å². The van der Waals surface area contributed by atoms with E-state index in [2.05, 4.69) is 35.4 Å². The monoisotopic (exact) mass is 543 g/mol. The molecule has 2 heterocycles. The number of benzene rings is 1. The normalized spacial score (nSPS) is 17.4. The maximum atomic E-state index is 14.6. The molecule has 206 valence electrons. The maximum absolute atomic E-state index is 14.6. The van der Waals surface area contributed by atoms with Gasteiger partial charge in [-0.25, -0.2) is 14.0 Å². The van der Waals surface area contributed by atoms with Crippen LogP contribution in [0.15, 0.2) is 18.2 Å². The van der Waals surface area contributed by atoms with E-state index < -0.39 is 36.6 Å². The van der Waals surface area contributed by atoms with Gasteiger partial charge in [-0.1, -0.05) is 45.1 Å². The number of rotatable bonds is 6. The van der Waals surface area contributed by atoms with Gasteiger partial charge in [0.1, 0.15) is 11.6 Å². The van der Waals surface area contributed by atoms with Gasteiger partial charge < -0.3 is 20.3 Å². The van der Waals surface area contributed by atoms with Crippen LogP contribution < -0.4 is 10.6 Å². The number of aryl methyl sites for hydroxylation is 1. The summed E-state index contributed by atoms with van der Waals surface area (Å²) in [4.78, 5) is 41.6. The van der Waals surface area contributed by atoms with Crippen LogP contribution in [0.4, 0.5) is 25.5 Å². The minimum Gasteiger partial charge on any atom is -0.448 e. The van der Waals surface area contributed by atoms with Crippen molar-refractivity contribution in [1.82, 2.24) is 14.7 Å². The highest BCUT2D eigenvalue weighted by Gasteiger charge is 2.54. The minimum atomic E-state index is -1.89. The molecule has 1 aromatic heterocycles. The Hall–Kier alpha value is -3.21.